The minimum atomic E-state index is -3.78. The summed E-state index contributed by atoms with van der Waals surface area (Å²) in [5.41, 5.74) is 5.82. The van der Waals surface area contributed by atoms with Gasteiger partial charge in [0, 0.05) is 11.3 Å². The van der Waals surface area contributed by atoms with Crippen molar-refractivity contribution in [1.29, 1.82) is 0 Å². The van der Waals surface area contributed by atoms with Gasteiger partial charge >= 0.3 is 0 Å². The number of aromatic nitrogens is 2. The Morgan fingerprint density at radius 3 is 2.68 bits per heavy atom. The topological polar surface area (TPSA) is 112 Å². The second kappa shape index (κ2) is 5.45. The van der Waals surface area contributed by atoms with Crippen molar-refractivity contribution in [2.75, 3.05) is 5.73 Å². The molecule has 0 amide bonds. The van der Waals surface area contributed by atoms with E-state index in [-0.39, 0.29) is 10.6 Å². The van der Waals surface area contributed by atoms with Crippen LogP contribution in [0.3, 0.4) is 0 Å². The monoisotopic (exact) mass is 316 g/mol. The van der Waals surface area contributed by atoms with Gasteiger partial charge in [-0.05, 0) is 29.7 Å². The van der Waals surface area contributed by atoms with Gasteiger partial charge in [0.2, 0.25) is 10.0 Å². The van der Waals surface area contributed by atoms with Gasteiger partial charge in [-0.15, -0.1) is 0 Å². The van der Waals surface area contributed by atoms with Gasteiger partial charge in [-0.2, -0.15) is 4.37 Å². The molecule has 2 aromatic rings. The van der Waals surface area contributed by atoms with E-state index in [0.717, 1.165) is 21.5 Å². The maximum Gasteiger partial charge on any atom is 0.240 e. The highest BCUT2D eigenvalue weighted by Crippen LogP contribution is 2.32. The molecule has 0 saturated carbocycles. The average molecular weight is 316 g/mol. The maximum atomic E-state index is 11.2. The molecular weight excluding hydrogens is 304 g/mol. The smallest absolute Gasteiger partial charge is 0.240 e. The lowest BCUT2D eigenvalue weighted by molar-refractivity contribution is 0.598. The number of rotatable bonds is 4. The molecule has 1 aromatic heterocycles. The van der Waals surface area contributed by atoms with E-state index in [1.54, 1.807) is 12.1 Å². The summed E-state index contributed by atoms with van der Waals surface area (Å²) in [6, 6.07) is 4.61. The second-order valence-corrected chi connectivity index (χ2v) is 7.28. The van der Waals surface area contributed by atoms with Gasteiger partial charge in [-0.3, -0.25) is 0 Å². The first kappa shape index (κ1) is 14.3. The van der Waals surface area contributed by atoms with E-state index < -0.39 is 10.0 Å². The Balaban J connectivity index is 2.25. The number of primary sulfonamides is 1. The number of benzene rings is 1. The standard InChI is InChI=1S/C10H12N4O2S3/c1-2-9-13-10(18-14-9)17-6-3-4-8(7(11)5-6)19(12,15)16/h3-5H,2,11H2,1H3,(H2,12,15,16). The van der Waals surface area contributed by atoms with Crippen molar-refractivity contribution in [2.24, 2.45) is 5.14 Å². The minimum absolute atomic E-state index is 0.0663. The molecule has 0 spiro atoms. The van der Waals surface area contributed by atoms with Crippen LogP contribution in [0.5, 0.6) is 0 Å². The van der Waals surface area contributed by atoms with Crippen molar-refractivity contribution in [3.63, 3.8) is 0 Å². The first-order valence-corrected chi connectivity index (χ1v) is 8.46. The Morgan fingerprint density at radius 2 is 2.16 bits per heavy atom. The molecule has 0 bridgehead atoms. The van der Waals surface area contributed by atoms with E-state index in [0.29, 0.717) is 0 Å². The predicted molar refractivity (Wildman–Crippen MR) is 75.6 cm³/mol. The molecule has 9 heteroatoms. The molecule has 0 saturated heterocycles. The van der Waals surface area contributed by atoms with E-state index in [1.807, 2.05) is 6.92 Å². The maximum absolute atomic E-state index is 11.2. The molecule has 1 aromatic carbocycles. The third-order valence-corrected chi connectivity index (χ3v) is 5.02. The zero-order valence-electron chi connectivity index (χ0n) is 10.0. The van der Waals surface area contributed by atoms with Crippen LogP contribution < -0.4 is 10.9 Å². The molecule has 4 N–H and O–H groups in total. The predicted octanol–water partition coefficient (Wildman–Crippen LogP) is 1.48. The minimum Gasteiger partial charge on any atom is -0.398 e. The number of sulfonamides is 1. The number of anilines is 1. The highest BCUT2D eigenvalue weighted by atomic mass is 32.2. The van der Waals surface area contributed by atoms with E-state index in [9.17, 15) is 8.42 Å². The van der Waals surface area contributed by atoms with Crippen molar-refractivity contribution in [3.8, 4) is 0 Å². The highest BCUT2D eigenvalue weighted by Gasteiger charge is 2.13. The van der Waals surface area contributed by atoms with E-state index in [2.05, 4.69) is 9.36 Å². The fraction of sp³-hybridized carbons (Fsp3) is 0.200. The SMILES string of the molecule is CCc1nsc(Sc2ccc(S(N)(=O)=O)c(N)c2)n1. The summed E-state index contributed by atoms with van der Waals surface area (Å²) in [6.07, 6.45) is 0.781. The summed E-state index contributed by atoms with van der Waals surface area (Å²) in [4.78, 5) is 5.04. The fourth-order valence-electron chi connectivity index (χ4n) is 1.37. The quantitative estimate of drug-likeness (QED) is 0.826. The van der Waals surface area contributed by atoms with Crippen LogP contribution in [0.4, 0.5) is 5.69 Å². The zero-order chi connectivity index (χ0) is 14.0. The van der Waals surface area contributed by atoms with Crippen molar-refractivity contribution < 1.29 is 8.42 Å². The molecule has 2 rings (SSSR count). The largest absolute Gasteiger partial charge is 0.398 e. The molecule has 19 heavy (non-hydrogen) atoms. The first-order valence-electron chi connectivity index (χ1n) is 5.33. The van der Waals surface area contributed by atoms with Crippen LogP contribution in [0.2, 0.25) is 0 Å². The summed E-state index contributed by atoms with van der Waals surface area (Å²) in [6.45, 7) is 1.98. The molecule has 0 radical (unpaired) electrons. The summed E-state index contributed by atoms with van der Waals surface area (Å²) >= 11 is 2.69. The summed E-state index contributed by atoms with van der Waals surface area (Å²) in [7, 11) is -3.78. The second-order valence-electron chi connectivity index (χ2n) is 3.68. The van der Waals surface area contributed by atoms with E-state index in [4.69, 9.17) is 10.9 Å². The number of nitrogens with zero attached hydrogens (tertiary/aromatic N) is 2. The van der Waals surface area contributed by atoms with Gasteiger partial charge in [-0.1, -0.05) is 18.7 Å². The number of aryl methyl sites for hydroxylation is 1. The zero-order valence-corrected chi connectivity index (χ0v) is 12.5. The van der Waals surface area contributed by atoms with Crippen molar-refractivity contribution >= 4 is 39.0 Å². The first-order chi connectivity index (χ1) is 8.90. The normalized spacial score (nSPS) is 11.7. The van der Waals surface area contributed by atoms with Crippen molar-refractivity contribution in [2.45, 2.75) is 27.5 Å². The van der Waals surface area contributed by atoms with Crippen LogP contribution in [0.15, 0.2) is 32.3 Å². The van der Waals surface area contributed by atoms with Gasteiger partial charge in [0.1, 0.15) is 10.7 Å². The number of nitrogen functional groups attached to an aromatic ring is 1. The van der Waals surface area contributed by atoms with Crippen molar-refractivity contribution in [3.05, 3.63) is 24.0 Å². The molecule has 0 aliphatic rings. The van der Waals surface area contributed by atoms with E-state index in [1.165, 1.54) is 29.4 Å². The van der Waals surface area contributed by atoms with Crippen LogP contribution in [0.1, 0.15) is 12.7 Å². The third kappa shape index (κ3) is 3.44. The molecular formula is C10H12N4O2S3. The Hall–Kier alpha value is -1.16. The Labute approximate surface area is 119 Å². The Kier molecular flexibility index (Phi) is 4.09. The van der Waals surface area contributed by atoms with Gasteiger partial charge < -0.3 is 5.73 Å². The lowest BCUT2D eigenvalue weighted by Crippen LogP contribution is -2.14. The molecule has 102 valence electrons. The summed E-state index contributed by atoms with van der Waals surface area (Å²) < 4.78 is 27.4. The van der Waals surface area contributed by atoms with E-state index >= 15 is 0 Å². The fourth-order valence-corrected chi connectivity index (χ4v) is 3.74. The third-order valence-electron chi connectivity index (χ3n) is 2.26. The summed E-state index contributed by atoms with van der Waals surface area (Å²) in [5.74, 6) is 0.793. The Bertz CT molecular complexity index is 697. The number of hydrogen-bond acceptors (Lipinski definition) is 7. The molecule has 0 atom stereocenters. The molecule has 6 nitrogen and oxygen atoms in total. The lowest BCUT2D eigenvalue weighted by Gasteiger charge is -2.04. The van der Waals surface area contributed by atoms with Gasteiger partial charge in [0.25, 0.3) is 0 Å². The molecule has 0 aliphatic heterocycles. The van der Waals surface area contributed by atoms with Crippen LogP contribution in [-0.2, 0) is 16.4 Å². The van der Waals surface area contributed by atoms with Crippen molar-refractivity contribution in [1.82, 2.24) is 9.36 Å². The molecule has 0 aliphatic carbocycles. The van der Waals surface area contributed by atoms with Crippen LogP contribution in [0.25, 0.3) is 0 Å². The molecule has 1 heterocycles. The van der Waals surface area contributed by atoms with Gasteiger partial charge in [-0.25, -0.2) is 18.5 Å². The highest BCUT2D eigenvalue weighted by molar-refractivity contribution is 8.01. The van der Waals surface area contributed by atoms with Crippen LogP contribution >= 0.6 is 23.3 Å². The van der Waals surface area contributed by atoms with Crippen LogP contribution in [-0.4, -0.2) is 17.8 Å². The van der Waals surface area contributed by atoms with Crippen LogP contribution in [0, 0.1) is 0 Å². The molecule has 0 unspecified atom stereocenters. The molecule has 0 fully saturated rings. The number of hydrogen-bond donors (Lipinski definition) is 2. The Morgan fingerprint density at radius 1 is 1.42 bits per heavy atom. The summed E-state index contributed by atoms with van der Waals surface area (Å²) in [5, 5.41) is 5.05. The van der Waals surface area contributed by atoms with Gasteiger partial charge in [0.15, 0.2) is 4.34 Å². The van der Waals surface area contributed by atoms with Gasteiger partial charge in [0.05, 0.1) is 5.69 Å². The average Bonchev–Trinajstić information content (AvgIpc) is 2.75. The lowest BCUT2D eigenvalue weighted by atomic mass is 10.3. The number of nitrogens with two attached hydrogens (primary N) is 2.